The summed E-state index contributed by atoms with van der Waals surface area (Å²) >= 11 is 0. The van der Waals surface area contributed by atoms with Gasteiger partial charge in [0, 0.05) is 32.4 Å². The maximum absolute atomic E-state index is 12.5. The van der Waals surface area contributed by atoms with E-state index in [9.17, 15) is 4.79 Å². The molecule has 1 aromatic rings. The molecular weight excluding hydrogens is 264 g/mol. The highest BCUT2D eigenvalue weighted by Crippen LogP contribution is 2.19. The minimum absolute atomic E-state index is 0.0855. The zero-order valence-electron chi connectivity index (χ0n) is 12.7. The molecule has 2 aliphatic rings. The number of rotatable bonds is 3. The minimum atomic E-state index is 0.0855. The lowest BCUT2D eigenvalue weighted by Crippen LogP contribution is -2.44. The lowest BCUT2D eigenvalue weighted by atomic mass is 10.0. The number of piperidine rings is 1. The van der Waals surface area contributed by atoms with Crippen molar-refractivity contribution >= 4 is 11.7 Å². The predicted octanol–water partition coefficient (Wildman–Crippen LogP) is 1.51. The van der Waals surface area contributed by atoms with Gasteiger partial charge in [-0.3, -0.25) is 4.79 Å². The summed E-state index contributed by atoms with van der Waals surface area (Å²) in [5, 5.41) is 3.33. The van der Waals surface area contributed by atoms with Crippen LogP contribution in [0.5, 0.6) is 0 Å². The SMILES string of the molecule is CN(C(=O)c1ccc(N2CCCC2)nc1)C1CCNCC1. The predicted molar refractivity (Wildman–Crippen MR) is 83.7 cm³/mol. The Labute approximate surface area is 126 Å². The molecule has 0 aliphatic carbocycles. The molecule has 0 bridgehead atoms. The summed E-state index contributed by atoms with van der Waals surface area (Å²) in [5.74, 6) is 1.08. The maximum Gasteiger partial charge on any atom is 0.255 e. The number of nitrogens with one attached hydrogen (secondary N) is 1. The molecule has 0 radical (unpaired) electrons. The van der Waals surface area contributed by atoms with Gasteiger partial charge in [-0.25, -0.2) is 4.98 Å². The number of anilines is 1. The van der Waals surface area contributed by atoms with Crippen molar-refractivity contribution in [3.63, 3.8) is 0 Å². The van der Waals surface area contributed by atoms with Crippen molar-refractivity contribution in [3.8, 4) is 0 Å². The van der Waals surface area contributed by atoms with Gasteiger partial charge < -0.3 is 15.1 Å². The average Bonchev–Trinajstić information content (AvgIpc) is 3.09. The Hall–Kier alpha value is -1.62. The first kappa shape index (κ1) is 14.3. The van der Waals surface area contributed by atoms with E-state index in [2.05, 4.69) is 15.2 Å². The zero-order chi connectivity index (χ0) is 14.7. The molecule has 0 saturated carbocycles. The van der Waals surface area contributed by atoms with Crippen LogP contribution in [-0.2, 0) is 0 Å². The Morgan fingerprint density at radius 3 is 2.62 bits per heavy atom. The van der Waals surface area contributed by atoms with Crippen molar-refractivity contribution in [3.05, 3.63) is 23.9 Å². The average molecular weight is 288 g/mol. The Bertz CT molecular complexity index is 476. The third-order valence-corrected chi connectivity index (χ3v) is 4.60. The normalized spacial score (nSPS) is 19.8. The number of pyridine rings is 1. The van der Waals surface area contributed by atoms with E-state index in [-0.39, 0.29) is 5.91 Å². The lowest BCUT2D eigenvalue weighted by Gasteiger charge is -2.31. The van der Waals surface area contributed by atoms with Crippen LogP contribution in [-0.4, -0.2) is 55.1 Å². The molecule has 2 saturated heterocycles. The van der Waals surface area contributed by atoms with Gasteiger partial charge in [0.2, 0.25) is 0 Å². The summed E-state index contributed by atoms with van der Waals surface area (Å²) in [4.78, 5) is 21.2. The van der Waals surface area contributed by atoms with Gasteiger partial charge in [0.1, 0.15) is 5.82 Å². The van der Waals surface area contributed by atoms with Gasteiger partial charge in [-0.1, -0.05) is 0 Å². The fourth-order valence-corrected chi connectivity index (χ4v) is 3.21. The fourth-order valence-electron chi connectivity index (χ4n) is 3.21. The second-order valence-corrected chi connectivity index (χ2v) is 6.00. The van der Waals surface area contributed by atoms with E-state index in [1.165, 1.54) is 12.8 Å². The Kier molecular flexibility index (Phi) is 4.39. The summed E-state index contributed by atoms with van der Waals surface area (Å²) in [6.07, 6.45) is 6.26. The quantitative estimate of drug-likeness (QED) is 0.916. The van der Waals surface area contributed by atoms with Crippen molar-refractivity contribution < 1.29 is 4.79 Å². The van der Waals surface area contributed by atoms with Crippen LogP contribution in [0, 0.1) is 0 Å². The van der Waals surface area contributed by atoms with Gasteiger partial charge in [0.25, 0.3) is 5.91 Å². The van der Waals surface area contributed by atoms with E-state index in [1.54, 1.807) is 6.20 Å². The molecule has 0 unspecified atom stereocenters. The first-order chi connectivity index (χ1) is 10.3. The van der Waals surface area contributed by atoms with Gasteiger partial charge in [0.15, 0.2) is 0 Å². The number of amides is 1. The fraction of sp³-hybridized carbons (Fsp3) is 0.625. The number of hydrogen-bond acceptors (Lipinski definition) is 4. The third kappa shape index (κ3) is 3.18. The maximum atomic E-state index is 12.5. The number of carbonyl (C=O) groups is 1. The first-order valence-electron chi connectivity index (χ1n) is 7.94. The van der Waals surface area contributed by atoms with E-state index in [0.717, 1.165) is 44.8 Å². The van der Waals surface area contributed by atoms with Crippen LogP contribution in [0.15, 0.2) is 18.3 Å². The van der Waals surface area contributed by atoms with Crippen LogP contribution in [0.25, 0.3) is 0 Å². The minimum Gasteiger partial charge on any atom is -0.357 e. The van der Waals surface area contributed by atoms with Crippen LogP contribution < -0.4 is 10.2 Å². The molecule has 5 nitrogen and oxygen atoms in total. The molecule has 114 valence electrons. The summed E-state index contributed by atoms with van der Waals surface area (Å²) < 4.78 is 0. The van der Waals surface area contributed by atoms with Gasteiger partial charge in [-0.2, -0.15) is 0 Å². The number of hydrogen-bond donors (Lipinski definition) is 1. The van der Waals surface area contributed by atoms with E-state index in [4.69, 9.17) is 0 Å². The van der Waals surface area contributed by atoms with Gasteiger partial charge in [-0.05, 0) is 50.9 Å². The standard InChI is InChI=1S/C16H24N4O/c1-19(14-6-8-17-9-7-14)16(21)13-4-5-15(18-12-13)20-10-2-3-11-20/h4-5,12,14,17H,2-3,6-11H2,1H3. The van der Waals surface area contributed by atoms with Gasteiger partial charge >= 0.3 is 0 Å². The third-order valence-electron chi connectivity index (χ3n) is 4.60. The summed E-state index contributed by atoms with van der Waals surface area (Å²) in [6.45, 7) is 4.15. The lowest BCUT2D eigenvalue weighted by molar-refractivity contribution is 0.0703. The number of carbonyl (C=O) groups excluding carboxylic acids is 1. The van der Waals surface area contributed by atoms with E-state index < -0.39 is 0 Å². The largest absolute Gasteiger partial charge is 0.357 e. The second-order valence-electron chi connectivity index (χ2n) is 6.00. The van der Waals surface area contributed by atoms with Gasteiger partial charge in [0.05, 0.1) is 5.56 Å². The summed E-state index contributed by atoms with van der Waals surface area (Å²) in [5.41, 5.74) is 0.693. The van der Waals surface area contributed by atoms with Crippen LogP contribution in [0.3, 0.4) is 0 Å². The summed E-state index contributed by atoms with van der Waals surface area (Å²) in [7, 11) is 1.91. The Balaban J connectivity index is 1.66. The summed E-state index contributed by atoms with van der Waals surface area (Å²) in [6, 6.07) is 4.24. The van der Waals surface area contributed by atoms with E-state index in [1.807, 2.05) is 24.1 Å². The Morgan fingerprint density at radius 1 is 1.29 bits per heavy atom. The second kappa shape index (κ2) is 6.43. The molecule has 0 aromatic carbocycles. The highest BCUT2D eigenvalue weighted by atomic mass is 16.2. The molecule has 1 N–H and O–H groups in total. The highest BCUT2D eigenvalue weighted by Gasteiger charge is 2.23. The highest BCUT2D eigenvalue weighted by molar-refractivity contribution is 5.94. The van der Waals surface area contributed by atoms with Crippen LogP contribution in [0.1, 0.15) is 36.0 Å². The molecule has 1 amide bonds. The molecule has 3 rings (SSSR count). The molecule has 3 heterocycles. The molecule has 5 heteroatoms. The van der Waals surface area contributed by atoms with Crippen molar-refractivity contribution in [2.75, 3.05) is 38.1 Å². The van der Waals surface area contributed by atoms with Crippen molar-refractivity contribution in [2.45, 2.75) is 31.7 Å². The molecule has 2 aliphatic heterocycles. The zero-order valence-corrected chi connectivity index (χ0v) is 12.7. The van der Waals surface area contributed by atoms with E-state index in [0.29, 0.717) is 11.6 Å². The van der Waals surface area contributed by atoms with Crippen LogP contribution in [0.2, 0.25) is 0 Å². The molecule has 21 heavy (non-hydrogen) atoms. The Morgan fingerprint density at radius 2 is 2.00 bits per heavy atom. The van der Waals surface area contributed by atoms with Gasteiger partial charge in [-0.15, -0.1) is 0 Å². The molecule has 1 aromatic heterocycles. The first-order valence-corrected chi connectivity index (χ1v) is 7.94. The molecule has 0 atom stereocenters. The van der Waals surface area contributed by atoms with Crippen LogP contribution >= 0.6 is 0 Å². The topological polar surface area (TPSA) is 48.5 Å². The molecule has 0 spiro atoms. The van der Waals surface area contributed by atoms with E-state index >= 15 is 0 Å². The van der Waals surface area contributed by atoms with Crippen LogP contribution in [0.4, 0.5) is 5.82 Å². The monoisotopic (exact) mass is 288 g/mol. The van der Waals surface area contributed by atoms with Crippen molar-refractivity contribution in [2.24, 2.45) is 0 Å². The number of nitrogens with zero attached hydrogens (tertiary/aromatic N) is 3. The van der Waals surface area contributed by atoms with Crippen molar-refractivity contribution in [1.29, 1.82) is 0 Å². The van der Waals surface area contributed by atoms with Crippen molar-refractivity contribution in [1.82, 2.24) is 15.2 Å². The number of aromatic nitrogens is 1. The molecular formula is C16H24N4O. The smallest absolute Gasteiger partial charge is 0.255 e. The molecule has 2 fully saturated rings.